The molecule has 0 N–H and O–H groups in total. The molecule has 0 radical (unpaired) electrons. The van der Waals surface area contributed by atoms with E-state index in [2.05, 4.69) is 13.8 Å². The van der Waals surface area contributed by atoms with Crippen molar-refractivity contribution in [3.63, 3.8) is 0 Å². The predicted molar refractivity (Wildman–Crippen MR) is 91.4 cm³/mol. The highest BCUT2D eigenvalue weighted by Crippen LogP contribution is 2.66. The van der Waals surface area contributed by atoms with Gasteiger partial charge in [0.05, 0.1) is 13.2 Å². The lowest BCUT2D eigenvalue weighted by Crippen LogP contribution is -2.58. The van der Waals surface area contributed by atoms with Crippen LogP contribution in [0, 0.1) is 34.5 Å². The number of carbonyl (C=O) groups is 1. The zero-order valence-electron chi connectivity index (χ0n) is 15.3. The highest BCUT2D eigenvalue weighted by molar-refractivity contribution is 5.83. The number of Topliss-reactive ketones (excluding diaryl/α,β-unsaturated/α-hetero) is 1. The lowest BCUT2D eigenvalue weighted by Gasteiger charge is -2.60. The van der Waals surface area contributed by atoms with Gasteiger partial charge in [-0.1, -0.05) is 20.3 Å². The summed E-state index contributed by atoms with van der Waals surface area (Å²) in [7, 11) is 0. The Morgan fingerprint density at radius 2 is 1.75 bits per heavy atom. The molecule has 3 nitrogen and oxygen atoms in total. The molecule has 1 heterocycles. The van der Waals surface area contributed by atoms with Gasteiger partial charge in [0.15, 0.2) is 5.79 Å². The first-order valence-electron chi connectivity index (χ1n) is 10.3. The van der Waals surface area contributed by atoms with Crippen molar-refractivity contribution in [2.24, 2.45) is 34.5 Å². The molecule has 0 amide bonds. The molecular weight excluding hydrogens is 300 g/mol. The smallest absolute Gasteiger partial charge is 0.169 e. The quantitative estimate of drug-likeness (QED) is 0.662. The van der Waals surface area contributed by atoms with Crippen LogP contribution in [0.25, 0.3) is 0 Å². The standard InChI is InChI=1S/C21H32O3/c1-19-6-3-4-15(19)14-12-18(22)17-13-21(23-10-11-24-21)9-8-20(17,2)16(14)5-7-19/h14-17H,3-13H2,1-2H3/t14-,15+,16-,17+,19+,20+/m0/s1. The van der Waals surface area contributed by atoms with Crippen molar-refractivity contribution in [2.75, 3.05) is 13.2 Å². The van der Waals surface area contributed by atoms with Crippen molar-refractivity contribution >= 4 is 5.78 Å². The number of carbonyl (C=O) groups excluding carboxylic acids is 1. The Hall–Kier alpha value is -0.410. The van der Waals surface area contributed by atoms with Gasteiger partial charge in [-0.2, -0.15) is 0 Å². The molecular formula is C21H32O3. The van der Waals surface area contributed by atoms with E-state index in [4.69, 9.17) is 9.47 Å². The van der Waals surface area contributed by atoms with Crippen molar-refractivity contribution in [2.45, 2.75) is 77.4 Å². The van der Waals surface area contributed by atoms with Crippen LogP contribution in [0.5, 0.6) is 0 Å². The summed E-state index contributed by atoms with van der Waals surface area (Å²) in [6.07, 6.45) is 10.6. The Bertz CT molecular complexity index is 551. The Kier molecular flexibility index (Phi) is 3.34. The molecule has 0 aromatic rings. The normalized spacial score (nSPS) is 52.8. The van der Waals surface area contributed by atoms with E-state index in [0.29, 0.717) is 30.3 Å². The Labute approximate surface area is 145 Å². The van der Waals surface area contributed by atoms with Gasteiger partial charge >= 0.3 is 0 Å². The van der Waals surface area contributed by atoms with Crippen LogP contribution in [-0.4, -0.2) is 24.8 Å². The van der Waals surface area contributed by atoms with E-state index in [1.807, 2.05) is 0 Å². The molecule has 1 spiro atoms. The van der Waals surface area contributed by atoms with Crippen molar-refractivity contribution < 1.29 is 14.3 Å². The Morgan fingerprint density at radius 1 is 0.958 bits per heavy atom. The Morgan fingerprint density at radius 3 is 2.54 bits per heavy atom. The van der Waals surface area contributed by atoms with Crippen LogP contribution in [0.4, 0.5) is 0 Å². The average molecular weight is 332 g/mol. The third-order valence-electron chi connectivity index (χ3n) is 9.06. The molecule has 0 unspecified atom stereocenters. The minimum Gasteiger partial charge on any atom is -0.348 e. The SMILES string of the molecule is C[C@]12CCC[C@@H]1[C@@H]1CC(=O)[C@H]3CC4(CC[C@]3(C)[C@H]1CC2)OCCO4. The van der Waals surface area contributed by atoms with Crippen molar-refractivity contribution in [1.82, 2.24) is 0 Å². The number of ketones is 1. The van der Waals surface area contributed by atoms with Crippen LogP contribution in [0.3, 0.4) is 0 Å². The van der Waals surface area contributed by atoms with E-state index in [0.717, 1.165) is 37.5 Å². The number of rotatable bonds is 0. The number of ether oxygens (including phenoxy) is 2. The minimum absolute atomic E-state index is 0.163. The molecule has 6 atom stereocenters. The summed E-state index contributed by atoms with van der Waals surface area (Å²) < 4.78 is 11.9. The van der Waals surface area contributed by atoms with Crippen LogP contribution in [-0.2, 0) is 14.3 Å². The van der Waals surface area contributed by atoms with Gasteiger partial charge in [0.1, 0.15) is 5.78 Å². The first-order chi connectivity index (χ1) is 11.5. The van der Waals surface area contributed by atoms with Crippen LogP contribution in [0.1, 0.15) is 71.6 Å². The van der Waals surface area contributed by atoms with Gasteiger partial charge in [0.2, 0.25) is 0 Å². The number of hydrogen-bond acceptors (Lipinski definition) is 3. The van der Waals surface area contributed by atoms with Gasteiger partial charge in [-0.15, -0.1) is 0 Å². The third-order valence-corrected chi connectivity index (χ3v) is 9.06. The fourth-order valence-electron chi connectivity index (χ4n) is 7.72. The molecule has 24 heavy (non-hydrogen) atoms. The Balaban J connectivity index is 1.46. The molecule has 1 aliphatic heterocycles. The van der Waals surface area contributed by atoms with Gasteiger partial charge in [0, 0.05) is 25.2 Å². The van der Waals surface area contributed by atoms with Crippen molar-refractivity contribution in [3.05, 3.63) is 0 Å². The fraction of sp³-hybridized carbons (Fsp3) is 0.952. The largest absolute Gasteiger partial charge is 0.348 e. The lowest BCUT2D eigenvalue weighted by molar-refractivity contribution is -0.225. The average Bonchev–Trinajstić information content (AvgIpc) is 3.16. The van der Waals surface area contributed by atoms with Crippen LogP contribution < -0.4 is 0 Å². The molecule has 1 saturated heterocycles. The van der Waals surface area contributed by atoms with Crippen LogP contribution in [0.2, 0.25) is 0 Å². The molecule has 0 aromatic heterocycles. The molecule has 0 bridgehead atoms. The van der Waals surface area contributed by atoms with Crippen molar-refractivity contribution in [1.29, 1.82) is 0 Å². The summed E-state index contributed by atoms with van der Waals surface area (Å²) in [6.45, 7) is 6.34. The predicted octanol–water partition coefficient (Wildman–Crippen LogP) is 4.34. The van der Waals surface area contributed by atoms with E-state index in [9.17, 15) is 4.79 Å². The molecule has 4 saturated carbocycles. The summed E-state index contributed by atoms with van der Waals surface area (Å²) in [6, 6.07) is 0. The van der Waals surface area contributed by atoms with Crippen LogP contribution in [0.15, 0.2) is 0 Å². The van der Waals surface area contributed by atoms with Crippen LogP contribution >= 0.6 is 0 Å². The first kappa shape index (κ1) is 15.8. The van der Waals surface area contributed by atoms with E-state index in [-0.39, 0.29) is 11.3 Å². The highest BCUT2D eigenvalue weighted by atomic mass is 16.7. The van der Waals surface area contributed by atoms with Gasteiger partial charge in [-0.3, -0.25) is 4.79 Å². The maximum atomic E-state index is 13.2. The fourth-order valence-corrected chi connectivity index (χ4v) is 7.72. The third kappa shape index (κ3) is 2.00. The summed E-state index contributed by atoms with van der Waals surface area (Å²) in [5.74, 6) is 2.45. The molecule has 4 aliphatic carbocycles. The molecule has 3 heteroatoms. The maximum Gasteiger partial charge on any atom is 0.169 e. The molecule has 5 aliphatic rings. The zero-order valence-corrected chi connectivity index (χ0v) is 15.3. The van der Waals surface area contributed by atoms with E-state index >= 15 is 0 Å². The van der Waals surface area contributed by atoms with E-state index in [1.165, 1.54) is 32.1 Å². The van der Waals surface area contributed by atoms with Gasteiger partial charge in [-0.25, -0.2) is 0 Å². The number of hydrogen-bond donors (Lipinski definition) is 0. The number of fused-ring (bicyclic) bond motifs is 5. The zero-order chi connectivity index (χ0) is 16.6. The topological polar surface area (TPSA) is 35.5 Å². The highest BCUT2D eigenvalue weighted by Gasteiger charge is 2.62. The maximum absolute atomic E-state index is 13.2. The summed E-state index contributed by atoms with van der Waals surface area (Å²) in [5, 5.41) is 0. The van der Waals surface area contributed by atoms with E-state index in [1.54, 1.807) is 0 Å². The van der Waals surface area contributed by atoms with Gasteiger partial charge in [0.25, 0.3) is 0 Å². The molecule has 0 aromatic carbocycles. The second-order valence-corrected chi connectivity index (χ2v) is 10.0. The summed E-state index contributed by atoms with van der Waals surface area (Å²) in [5.41, 5.74) is 0.711. The van der Waals surface area contributed by atoms with Gasteiger partial charge in [-0.05, 0) is 60.7 Å². The van der Waals surface area contributed by atoms with Gasteiger partial charge < -0.3 is 9.47 Å². The summed E-state index contributed by atoms with van der Waals surface area (Å²) in [4.78, 5) is 13.2. The molecule has 134 valence electrons. The second kappa shape index (κ2) is 5.07. The second-order valence-electron chi connectivity index (χ2n) is 10.0. The van der Waals surface area contributed by atoms with Crippen molar-refractivity contribution in [3.8, 4) is 0 Å². The monoisotopic (exact) mass is 332 g/mol. The first-order valence-corrected chi connectivity index (χ1v) is 10.3. The lowest BCUT2D eigenvalue weighted by atomic mass is 9.44. The molecule has 5 fully saturated rings. The minimum atomic E-state index is -0.427. The van der Waals surface area contributed by atoms with E-state index < -0.39 is 5.79 Å². The molecule has 5 rings (SSSR count). The summed E-state index contributed by atoms with van der Waals surface area (Å²) >= 11 is 0.